The predicted octanol–water partition coefficient (Wildman–Crippen LogP) is 4.09. The van der Waals surface area contributed by atoms with Crippen molar-refractivity contribution in [1.82, 2.24) is 0 Å². The fourth-order valence-electron chi connectivity index (χ4n) is 1.54. The number of halogens is 1. The molecule has 0 saturated heterocycles. The van der Waals surface area contributed by atoms with Crippen LogP contribution in [-0.4, -0.2) is 6.61 Å². The Morgan fingerprint density at radius 2 is 1.70 bits per heavy atom. The van der Waals surface area contributed by atoms with Crippen LogP contribution in [0.4, 0.5) is 22.7 Å². The molecule has 0 radical (unpaired) electrons. The molecule has 0 aliphatic rings. The molecule has 0 fully saturated rings. The molecular formula is C14H17ClN4O. The van der Waals surface area contributed by atoms with E-state index in [9.17, 15) is 0 Å². The zero-order valence-corrected chi connectivity index (χ0v) is 11.9. The second-order valence-corrected chi connectivity index (χ2v) is 3.91. The minimum atomic E-state index is 0. The number of anilines is 2. The van der Waals surface area contributed by atoms with Gasteiger partial charge in [-0.1, -0.05) is 6.07 Å². The maximum atomic E-state index is 5.81. The lowest BCUT2D eigenvalue weighted by Crippen LogP contribution is -1.93. The average Bonchev–Trinajstić information content (AvgIpc) is 2.42. The summed E-state index contributed by atoms with van der Waals surface area (Å²) < 4.78 is 5.35. The van der Waals surface area contributed by atoms with Crippen molar-refractivity contribution in [2.75, 3.05) is 18.1 Å². The van der Waals surface area contributed by atoms with Gasteiger partial charge in [-0.25, -0.2) is 0 Å². The number of benzene rings is 2. The van der Waals surface area contributed by atoms with E-state index in [1.807, 2.05) is 31.2 Å². The van der Waals surface area contributed by atoms with Gasteiger partial charge >= 0.3 is 0 Å². The van der Waals surface area contributed by atoms with E-state index in [4.69, 9.17) is 16.2 Å². The molecule has 0 amide bonds. The van der Waals surface area contributed by atoms with Crippen molar-refractivity contribution in [2.24, 2.45) is 10.2 Å². The van der Waals surface area contributed by atoms with Gasteiger partial charge in [0.2, 0.25) is 0 Å². The molecule has 0 aromatic heterocycles. The maximum absolute atomic E-state index is 5.81. The first-order chi connectivity index (χ1) is 9.20. The third-order valence-electron chi connectivity index (χ3n) is 2.54. The lowest BCUT2D eigenvalue weighted by atomic mass is 10.2. The molecule has 0 saturated carbocycles. The number of para-hydroxylation sites is 1. The smallest absolute Gasteiger partial charge is 0.119 e. The molecule has 106 valence electrons. The highest BCUT2D eigenvalue weighted by molar-refractivity contribution is 5.85. The minimum absolute atomic E-state index is 0. The molecule has 2 aromatic rings. The zero-order valence-electron chi connectivity index (χ0n) is 11.1. The molecule has 6 heteroatoms. The standard InChI is InChI=1S/C14H16N4O.ClH/c1-2-19-11-8-6-10(7-9-11)17-18-13-5-3-4-12(15)14(13)16;/h3-9H,2,15-16H2,1H3;1H. The average molecular weight is 293 g/mol. The van der Waals surface area contributed by atoms with Crippen LogP contribution in [0, 0.1) is 0 Å². The summed E-state index contributed by atoms with van der Waals surface area (Å²) in [5, 5.41) is 8.21. The summed E-state index contributed by atoms with van der Waals surface area (Å²) in [6.07, 6.45) is 0. The maximum Gasteiger partial charge on any atom is 0.119 e. The summed E-state index contributed by atoms with van der Waals surface area (Å²) in [4.78, 5) is 0. The van der Waals surface area contributed by atoms with E-state index < -0.39 is 0 Å². The van der Waals surface area contributed by atoms with Crippen molar-refractivity contribution in [2.45, 2.75) is 6.92 Å². The zero-order chi connectivity index (χ0) is 13.7. The Kier molecular flexibility index (Phi) is 5.80. The highest BCUT2D eigenvalue weighted by Crippen LogP contribution is 2.29. The predicted molar refractivity (Wildman–Crippen MR) is 84.3 cm³/mol. The van der Waals surface area contributed by atoms with Crippen molar-refractivity contribution < 1.29 is 4.74 Å². The molecule has 0 heterocycles. The third kappa shape index (κ3) is 3.86. The Bertz CT molecular complexity index is 584. The van der Waals surface area contributed by atoms with Crippen LogP contribution >= 0.6 is 12.4 Å². The van der Waals surface area contributed by atoms with Crippen molar-refractivity contribution in [3.05, 3.63) is 42.5 Å². The number of hydrogen-bond donors (Lipinski definition) is 2. The van der Waals surface area contributed by atoms with E-state index in [1.54, 1.807) is 18.2 Å². The first-order valence-corrected chi connectivity index (χ1v) is 5.99. The van der Waals surface area contributed by atoms with E-state index in [2.05, 4.69) is 10.2 Å². The SMILES string of the molecule is CCOc1ccc(N=Nc2cccc(N)c2N)cc1.Cl. The van der Waals surface area contributed by atoms with E-state index in [0.29, 0.717) is 23.7 Å². The van der Waals surface area contributed by atoms with Gasteiger partial charge < -0.3 is 16.2 Å². The van der Waals surface area contributed by atoms with Crippen molar-refractivity contribution in [1.29, 1.82) is 0 Å². The molecule has 4 N–H and O–H groups in total. The Balaban J connectivity index is 0.00000200. The van der Waals surface area contributed by atoms with Gasteiger partial charge in [-0.2, -0.15) is 5.11 Å². The number of nitrogen functional groups attached to an aromatic ring is 2. The first-order valence-electron chi connectivity index (χ1n) is 5.99. The number of azo groups is 1. The molecule has 0 spiro atoms. The Labute approximate surface area is 124 Å². The Morgan fingerprint density at radius 3 is 2.35 bits per heavy atom. The molecule has 20 heavy (non-hydrogen) atoms. The summed E-state index contributed by atoms with van der Waals surface area (Å²) in [7, 11) is 0. The monoisotopic (exact) mass is 292 g/mol. The van der Waals surface area contributed by atoms with Gasteiger partial charge in [0.15, 0.2) is 0 Å². The molecule has 0 atom stereocenters. The van der Waals surface area contributed by atoms with Crippen molar-refractivity contribution in [3.8, 4) is 5.75 Å². The minimum Gasteiger partial charge on any atom is -0.494 e. The second-order valence-electron chi connectivity index (χ2n) is 3.91. The van der Waals surface area contributed by atoms with Crippen LogP contribution in [0.5, 0.6) is 5.75 Å². The molecule has 0 unspecified atom stereocenters. The van der Waals surface area contributed by atoms with Gasteiger partial charge in [-0.05, 0) is 43.3 Å². The lowest BCUT2D eigenvalue weighted by Gasteiger charge is -2.03. The van der Waals surface area contributed by atoms with E-state index in [0.717, 1.165) is 11.4 Å². The van der Waals surface area contributed by atoms with Crippen LogP contribution in [0.2, 0.25) is 0 Å². The summed E-state index contributed by atoms with van der Waals surface area (Å²) >= 11 is 0. The highest BCUT2D eigenvalue weighted by atomic mass is 35.5. The van der Waals surface area contributed by atoms with Crippen molar-refractivity contribution >= 4 is 35.2 Å². The molecule has 0 aliphatic carbocycles. The number of ether oxygens (including phenoxy) is 1. The number of nitrogens with two attached hydrogens (primary N) is 2. The highest BCUT2D eigenvalue weighted by Gasteiger charge is 2.00. The Morgan fingerprint density at radius 1 is 1.00 bits per heavy atom. The summed E-state index contributed by atoms with van der Waals surface area (Å²) in [6.45, 7) is 2.58. The van der Waals surface area contributed by atoms with Gasteiger partial charge in [0, 0.05) is 0 Å². The number of rotatable bonds is 4. The van der Waals surface area contributed by atoms with Gasteiger partial charge in [0.25, 0.3) is 0 Å². The first kappa shape index (κ1) is 15.8. The fraction of sp³-hybridized carbons (Fsp3) is 0.143. The van der Waals surface area contributed by atoms with Gasteiger partial charge in [-0.15, -0.1) is 17.5 Å². The normalized spacial score (nSPS) is 10.2. The third-order valence-corrected chi connectivity index (χ3v) is 2.54. The van der Waals surface area contributed by atoms with Crippen LogP contribution < -0.4 is 16.2 Å². The summed E-state index contributed by atoms with van der Waals surface area (Å²) in [5.41, 5.74) is 13.7. The number of nitrogens with zero attached hydrogens (tertiary/aromatic N) is 2. The van der Waals surface area contributed by atoms with Gasteiger partial charge in [0.1, 0.15) is 11.4 Å². The van der Waals surface area contributed by atoms with Gasteiger partial charge in [-0.3, -0.25) is 0 Å². The van der Waals surface area contributed by atoms with Crippen LogP contribution in [0.1, 0.15) is 6.92 Å². The van der Waals surface area contributed by atoms with E-state index in [1.165, 1.54) is 0 Å². The lowest BCUT2D eigenvalue weighted by molar-refractivity contribution is 0.340. The van der Waals surface area contributed by atoms with Crippen molar-refractivity contribution in [3.63, 3.8) is 0 Å². The fourth-order valence-corrected chi connectivity index (χ4v) is 1.54. The second kappa shape index (κ2) is 7.35. The largest absolute Gasteiger partial charge is 0.494 e. The van der Waals surface area contributed by atoms with Gasteiger partial charge in [0.05, 0.1) is 23.7 Å². The van der Waals surface area contributed by atoms with E-state index in [-0.39, 0.29) is 12.4 Å². The van der Waals surface area contributed by atoms with E-state index >= 15 is 0 Å². The molecule has 0 aliphatic heterocycles. The Hall–Kier alpha value is -2.27. The molecule has 2 aromatic carbocycles. The molecule has 2 rings (SSSR count). The van der Waals surface area contributed by atoms with Crippen LogP contribution in [0.15, 0.2) is 52.7 Å². The summed E-state index contributed by atoms with van der Waals surface area (Å²) in [5.74, 6) is 0.810. The van der Waals surface area contributed by atoms with Crippen LogP contribution in [0.25, 0.3) is 0 Å². The number of hydrogen-bond acceptors (Lipinski definition) is 5. The summed E-state index contributed by atoms with van der Waals surface area (Å²) in [6, 6.07) is 12.6. The molecular weight excluding hydrogens is 276 g/mol. The molecule has 0 bridgehead atoms. The van der Waals surface area contributed by atoms with Crippen LogP contribution in [0.3, 0.4) is 0 Å². The molecule has 5 nitrogen and oxygen atoms in total. The topological polar surface area (TPSA) is 86.0 Å². The van der Waals surface area contributed by atoms with Crippen LogP contribution in [-0.2, 0) is 0 Å². The quantitative estimate of drug-likeness (QED) is 0.657.